The molecule has 0 aliphatic rings. The Morgan fingerprint density at radius 1 is 1.60 bits per heavy atom. The molecule has 0 aliphatic heterocycles. The summed E-state index contributed by atoms with van der Waals surface area (Å²) in [4.78, 5) is 11.6. The monoisotopic (exact) mass is 211 g/mol. The minimum atomic E-state index is -0.396. The molecule has 15 heavy (non-hydrogen) atoms. The molecule has 84 valence electrons. The normalized spacial score (nSPS) is 10.7. The van der Waals surface area contributed by atoms with E-state index in [4.69, 9.17) is 10.5 Å². The van der Waals surface area contributed by atoms with Gasteiger partial charge in [0.1, 0.15) is 11.4 Å². The van der Waals surface area contributed by atoms with Gasteiger partial charge < -0.3 is 10.5 Å². The van der Waals surface area contributed by atoms with Gasteiger partial charge in [-0.1, -0.05) is 13.8 Å². The van der Waals surface area contributed by atoms with Crippen LogP contribution in [0.3, 0.4) is 0 Å². The SMILES string of the molecule is CCOC(=O)c1c(C(C)C)nn(C)c1N. The van der Waals surface area contributed by atoms with Crippen LogP contribution >= 0.6 is 0 Å². The van der Waals surface area contributed by atoms with Gasteiger partial charge in [-0.15, -0.1) is 0 Å². The third-order valence-electron chi connectivity index (χ3n) is 2.15. The maximum Gasteiger partial charge on any atom is 0.343 e. The first-order valence-corrected chi connectivity index (χ1v) is 4.98. The van der Waals surface area contributed by atoms with E-state index in [0.717, 1.165) is 0 Å². The first kappa shape index (κ1) is 11.6. The second-order valence-corrected chi connectivity index (χ2v) is 3.64. The van der Waals surface area contributed by atoms with Crippen LogP contribution in [0.25, 0.3) is 0 Å². The highest BCUT2D eigenvalue weighted by atomic mass is 16.5. The highest BCUT2D eigenvalue weighted by Crippen LogP contribution is 2.23. The summed E-state index contributed by atoms with van der Waals surface area (Å²) < 4.78 is 6.44. The predicted molar refractivity (Wildman–Crippen MR) is 57.7 cm³/mol. The zero-order valence-corrected chi connectivity index (χ0v) is 9.57. The average Bonchev–Trinajstić information content (AvgIpc) is 2.44. The lowest BCUT2D eigenvalue weighted by atomic mass is 10.1. The number of carbonyl (C=O) groups is 1. The molecule has 0 radical (unpaired) electrons. The molecule has 5 heteroatoms. The molecule has 1 aromatic rings. The number of nitrogen functional groups attached to an aromatic ring is 1. The van der Waals surface area contributed by atoms with E-state index in [1.165, 1.54) is 4.68 Å². The van der Waals surface area contributed by atoms with Crippen molar-refractivity contribution >= 4 is 11.8 Å². The molecule has 5 nitrogen and oxygen atoms in total. The summed E-state index contributed by atoms with van der Waals surface area (Å²) in [6.45, 7) is 6.03. The molecule has 0 aromatic carbocycles. The van der Waals surface area contributed by atoms with Gasteiger partial charge in [0.25, 0.3) is 0 Å². The molecule has 1 heterocycles. The van der Waals surface area contributed by atoms with E-state index in [1.54, 1.807) is 14.0 Å². The van der Waals surface area contributed by atoms with Gasteiger partial charge in [0.15, 0.2) is 0 Å². The molecule has 0 saturated heterocycles. The van der Waals surface area contributed by atoms with Crippen molar-refractivity contribution in [1.82, 2.24) is 9.78 Å². The standard InChI is InChI=1S/C10H17N3O2/c1-5-15-10(14)7-8(6(2)3)12-13(4)9(7)11/h6H,5,11H2,1-4H3. The Hall–Kier alpha value is -1.52. The Labute approximate surface area is 89.2 Å². The number of hydrogen-bond acceptors (Lipinski definition) is 4. The van der Waals surface area contributed by atoms with Gasteiger partial charge in [-0.3, -0.25) is 4.68 Å². The molecular weight excluding hydrogens is 194 g/mol. The summed E-state index contributed by atoms with van der Waals surface area (Å²) in [6, 6.07) is 0. The van der Waals surface area contributed by atoms with Crippen LogP contribution in [0, 0.1) is 0 Å². The number of nitrogens with zero attached hydrogens (tertiary/aromatic N) is 2. The van der Waals surface area contributed by atoms with Crippen molar-refractivity contribution in [2.45, 2.75) is 26.7 Å². The summed E-state index contributed by atoms with van der Waals surface area (Å²) >= 11 is 0. The van der Waals surface area contributed by atoms with Crippen molar-refractivity contribution in [2.75, 3.05) is 12.3 Å². The van der Waals surface area contributed by atoms with Gasteiger partial charge in [-0.2, -0.15) is 5.10 Å². The lowest BCUT2D eigenvalue weighted by molar-refractivity contribution is 0.0526. The summed E-state index contributed by atoms with van der Waals surface area (Å²) in [7, 11) is 1.71. The number of ether oxygens (including phenoxy) is 1. The first-order chi connectivity index (χ1) is 6.99. The van der Waals surface area contributed by atoms with Crippen molar-refractivity contribution in [2.24, 2.45) is 7.05 Å². The van der Waals surface area contributed by atoms with Crippen LogP contribution in [0.2, 0.25) is 0 Å². The quantitative estimate of drug-likeness (QED) is 0.765. The van der Waals surface area contributed by atoms with E-state index in [1.807, 2.05) is 13.8 Å². The van der Waals surface area contributed by atoms with Crippen LogP contribution < -0.4 is 5.73 Å². The zero-order chi connectivity index (χ0) is 11.6. The Balaban J connectivity index is 3.19. The molecule has 0 saturated carbocycles. The van der Waals surface area contributed by atoms with Crippen molar-refractivity contribution in [3.8, 4) is 0 Å². The van der Waals surface area contributed by atoms with E-state index in [-0.39, 0.29) is 5.92 Å². The summed E-state index contributed by atoms with van der Waals surface area (Å²) in [6.07, 6.45) is 0. The third-order valence-corrected chi connectivity index (χ3v) is 2.15. The Bertz CT molecular complexity index is 369. The molecule has 0 spiro atoms. The average molecular weight is 211 g/mol. The van der Waals surface area contributed by atoms with Crippen LogP contribution in [0.15, 0.2) is 0 Å². The second kappa shape index (κ2) is 4.33. The topological polar surface area (TPSA) is 70.1 Å². The molecule has 0 atom stereocenters. The lowest BCUT2D eigenvalue weighted by Crippen LogP contribution is -2.10. The Morgan fingerprint density at radius 3 is 2.67 bits per heavy atom. The highest BCUT2D eigenvalue weighted by molar-refractivity contribution is 5.95. The van der Waals surface area contributed by atoms with Gasteiger partial charge in [0.05, 0.1) is 12.3 Å². The summed E-state index contributed by atoms with van der Waals surface area (Å²) in [5, 5.41) is 4.20. The van der Waals surface area contributed by atoms with Gasteiger partial charge in [0, 0.05) is 7.05 Å². The number of aryl methyl sites for hydroxylation is 1. The van der Waals surface area contributed by atoms with Crippen LogP contribution in [-0.2, 0) is 11.8 Å². The minimum absolute atomic E-state index is 0.146. The van der Waals surface area contributed by atoms with Crippen molar-refractivity contribution in [3.63, 3.8) is 0 Å². The predicted octanol–water partition coefficient (Wildman–Crippen LogP) is 1.30. The summed E-state index contributed by atoms with van der Waals surface area (Å²) in [5.74, 6) is 0.108. The molecule has 0 unspecified atom stereocenters. The van der Waals surface area contributed by atoms with E-state index in [9.17, 15) is 4.79 Å². The molecular formula is C10H17N3O2. The number of esters is 1. The molecule has 0 fully saturated rings. The molecule has 0 bridgehead atoms. The maximum atomic E-state index is 11.6. The van der Waals surface area contributed by atoms with Crippen molar-refractivity contribution in [3.05, 3.63) is 11.3 Å². The van der Waals surface area contributed by atoms with Gasteiger partial charge in [0.2, 0.25) is 0 Å². The van der Waals surface area contributed by atoms with Crippen LogP contribution in [0.1, 0.15) is 42.7 Å². The number of aromatic nitrogens is 2. The minimum Gasteiger partial charge on any atom is -0.462 e. The molecule has 1 rings (SSSR count). The van der Waals surface area contributed by atoms with E-state index < -0.39 is 5.97 Å². The van der Waals surface area contributed by atoms with Crippen molar-refractivity contribution in [1.29, 1.82) is 0 Å². The second-order valence-electron chi connectivity index (χ2n) is 3.64. The van der Waals surface area contributed by atoms with Gasteiger partial charge >= 0.3 is 5.97 Å². The van der Waals surface area contributed by atoms with Crippen LogP contribution in [0.5, 0.6) is 0 Å². The first-order valence-electron chi connectivity index (χ1n) is 4.98. The largest absolute Gasteiger partial charge is 0.462 e. The Morgan fingerprint density at radius 2 is 2.20 bits per heavy atom. The van der Waals surface area contributed by atoms with E-state index in [0.29, 0.717) is 23.7 Å². The lowest BCUT2D eigenvalue weighted by Gasteiger charge is -2.05. The van der Waals surface area contributed by atoms with Gasteiger partial charge in [-0.25, -0.2) is 4.79 Å². The Kier molecular flexibility index (Phi) is 3.34. The number of hydrogen-bond donors (Lipinski definition) is 1. The molecule has 1 aromatic heterocycles. The summed E-state index contributed by atoms with van der Waals surface area (Å²) in [5.41, 5.74) is 6.86. The molecule has 0 amide bonds. The van der Waals surface area contributed by atoms with Crippen molar-refractivity contribution < 1.29 is 9.53 Å². The van der Waals surface area contributed by atoms with E-state index >= 15 is 0 Å². The smallest absolute Gasteiger partial charge is 0.343 e. The fourth-order valence-electron chi connectivity index (χ4n) is 1.38. The van der Waals surface area contributed by atoms with Gasteiger partial charge in [-0.05, 0) is 12.8 Å². The van der Waals surface area contributed by atoms with Crippen LogP contribution in [-0.4, -0.2) is 22.4 Å². The fourth-order valence-corrected chi connectivity index (χ4v) is 1.38. The fraction of sp³-hybridized carbons (Fsp3) is 0.600. The van der Waals surface area contributed by atoms with Crippen LogP contribution in [0.4, 0.5) is 5.82 Å². The number of carbonyl (C=O) groups excluding carboxylic acids is 1. The van der Waals surface area contributed by atoms with E-state index in [2.05, 4.69) is 5.10 Å². The third kappa shape index (κ3) is 2.11. The number of anilines is 1. The number of rotatable bonds is 3. The molecule has 0 aliphatic carbocycles. The zero-order valence-electron chi connectivity index (χ0n) is 9.57. The molecule has 2 N–H and O–H groups in total. The number of nitrogens with two attached hydrogens (primary N) is 1. The highest BCUT2D eigenvalue weighted by Gasteiger charge is 2.23. The maximum absolute atomic E-state index is 11.6.